The van der Waals surface area contributed by atoms with Crippen molar-refractivity contribution in [2.45, 2.75) is 59.0 Å². The fourth-order valence-corrected chi connectivity index (χ4v) is 5.13. The number of aromatic nitrogens is 3. The summed E-state index contributed by atoms with van der Waals surface area (Å²) in [4.78, 5) is 23.8. The highest BCUT2D eigenvalue weighted by atomic mass is 35.5. The van der Waals surface area contributed by atoms with Crippen LogP contribution in [0.3, 0.4) is 0 Å². The molecule has 39 heavy (non-hydrogen) atoms. The van der Waals surface area contributed by atoms with Crippen LogP contribution in [0.5, 0.6) is 5.75 Å². The number of nitrogens with zero attached hydrogens (tertiary/aromatic N) is 4. The molecule has 1 aliphatic rings. The zero-order valence-corrected chi connectivity index (χ0v) is 24.2. The Kier molecular flexibility index (Phi) is 9.29. The van der Waals surface area contributed by atoms with Crippen LogP contribution in [0.4, 0.5) is 10.6 Å². The van der Waals surface area contributed by atoms with Gasteiger partial charge < -0.3 is 29.5 Å². The van der Waals surface area contributed by atoms with Crippen molar-refractivity contribution in [3.05, 3.63) is 40.2 Å². The first-order chi connectivity index (χ1) is 18.7. The first kappa shape index (κ1) is 28.6. The second-order valence-electron chi connectivity index (χ2n) is 9.89. The van der Waals surface area contributed by atoms with Crippen LogP contribution in [-0.4, -0.2) is 72.1 Å². The van der Waals surface area contributed by atoms with E-state index in [0.29, 0.717) is 46.9 Å². The van der Waals surface area contributed by atoms with Crippen LogP contribution in [0, 0.1) is 20.8 Å². The zero-order valence-electron chi connectivity index (χ0n) is 23.4. The number of likely N-dealkylation sites (tertiary alicyclic amines) is 1. The third-order valence-corrected chi connectivity index (χ3v) is 7.39. The first-order valence-electron chi connectivity index (χ1n) is 13.2. The van der Waals surface area contributed by atoms with Gasteiger partial charge in [0.15, 0.2) is 5.82 Å². The largest absolute Gasteiger partial charge is 0.494 e. The molecule has 3 aromatic rings. The summed E-state index contributed by atoms with van der Waals surface area (Å²) in [5, 5.41) is 11.4. The molecule has 210 valence electrons. The predicted octanol–water partition coefficient (Wildman–Crippen LogP) is 5.40. The Morgan fingerprint density at radius 1 is 1.26 bits per heavy atom. The highest BCUT2D eigenvalue weighted by molar-refractivity contribution is 6.33. The van der Waals surface area contributed by atoms with Crippen molar-refractivity contribution in [2.75, 3.05) is 39.2 Å². The zero-order chi connectivity index (χ0) is 28.1. The molecule has 11 heteroatoms. The van der Waals surface area contributed by atoms with E-state index in [1.54, 1.807) is 11.0 Å². The fraction of sp³-hybridized carbons (Fsp3) is 0.500. The van der Waals surface area contributed by atoms with E-state index in [0.717, 1.165) is 48.3 Å². The van der Waals surface area contributed by atoms with Gasteiger partial charge in [0.25, 0.3) is 0 Å². The molecule has 0 bridgehead atoms. The monoisotopic (exact) mass is 556 g/mol. The molecule has 2 aromatic heterocycles. The summed E-state index contributed by atoms with van der Waals surface area (Å²) in [6, 6.07) is 5.67. The number of methoxy groups -OCH3 is 1. The number of hydrogen-bond acceptors (Lipinski definition) is 9. The Morgan fingerprint density at radius 3 is 2.72 bits per heavy atom. The van der Waals surface area contributed by atoms with Gasteiger partial charge in [-0.15, -0.1) is 0 Å². The van der Waals surface area contributed by atoms with Crippen LogP contribution in [0.15, 0.2) is 22.7 Å². The summed E-state index contributed by atoms with van der Waals surface area (Å²) in [6.07, 6.45) is 2.10. The average Bonchev–Trinajstić information content (AvgIpc) is 3.25. The molecule has 0 saturated carbocycles. The van der Waals surface area contributed by atoms with Crippen molar-refractivity contribution in [3.8, 4) is 28.4 Å². The van der Waals surface area contributed by atoms with E-state index in [1.165, 1.54) is 7.11 Å². The smallest absolute Gasteiger partial charge is 0.409 e. The minimum Gasteiger partial charge on any atom is -0.494 e. The Hall–Kier alpha value is -3.37. The third kappa shape index (κ3) is 6.45. The van der Waals surface area contributed by atoms with Gasteiger partial charge in [0.1, 0.15) is 17.3 Å². The Balaban J connectivity index is 1.71. The highest BCUT2D eigenvalue weighted by Crippen LogP contribution is 2.36. The van der Waals surface area contributed by atoms with Gasteiger partial charge in [-0.2, -0.15) is 0 Å². The van der Waals surface area contributed by atoms with Gasteiger partial charge in [-0.3, -0.25) is 0 Å². The van der Waals surface area contributed by atoms with Gasteiger partial charge in [0, 0.05) is 29.8 Å². The van der Waals surface area contributed by atoms with Gasteiger partial charge >= 0.3 is 6.09 Å². The molecular weight excluding hydrogens is 520 g/mol. The number of aryl methyl sites for hydroxylation is 2. The molecule has 1 saturated heterocycles. The number of amides is 1. The maximum Gasteiger partial charge on any atom is 0.409 e. The molecular formula is C28H37ClN6O4. The average molecular weight is 557 g/mol. The van der Waals surface area contributed by atoms with Crippen LogP contribution in [0.2, 0.25) is 5.02 Å². The van der Waals surface area contributed by atoms with Crippen molar-refractivity contribution < 1.29 is 18.8 Å². The molecule has 1 aromatic carbocycles. The summed E-state index contributed by atoms with van der Waals surface area (Å²) in [5.74, 6) is 2.56. The molecule has 2 unspecified atom stereocenters. The van der Waals surface area contributed by atoms with E-state index in [-0.39, 0.29) is 18.2 Å². The van der Waals surface area contributed by atoms with Gasteiger partial charge in [-0.05, 0) is 78.7 Å². The maximum absolute atomic E-state index is 12.1. The fourth-order valence-electron chi connectivity index (χ4n) is 4.93. The summed E-state index contributed by atoms with van der Waals surface area (Å²) in [7, 11) is 3.33. The molecule has 10 nitrogen and oxygen atoms in total. The Morgan fingerprint density at radius 2 is 2.05 bits per heavy atom. The quantitative estimate of drug-likeness (QED) is 0.334. The number of rotatable bonds is 9. The lowest BCUT2D eigenvalue weighted by Crippen LogP contribution is -2.48. The minimum absolute atomic E-state index is 0.0264. The highest BCUT2D eigenvalue weighted by Gasteiger charge is 2.30. The van der Waals surface area contributed by atoms with Gasteiger partial charge in [0.05, 0.1) is 35.7 Å². The Bertz CT molecular complexity index is 1290. The normalized spacial score (nSPS) is 17.3. The van der Waals surface area contributed by atoms with Crippen LogP contribution in [-0.2, 0) is 4.74 Å². The summed E-state index contributed by atoms with van der Waals surface area (Å²) in [5.41, 5.74) is 3.87. The summed E-state index contributed by atoms with van der Waals surface area (Å²) < 4.78 is 16.4. The third-order valence-electron chi connectivity index (χ3n) is 7.06. The molecule has 3 heterocycles. The molecule has 0 radical (unpaired) electrons. The lowest BCUT2D eigenvalue weighted by molar-refractivity contribution is 0.0920. The molecule has 2 N–H and O–H groups in total. The van der Waals surface area contributed by atoms with E-state index in [9.17, 15) is 4.79 Å². The van der Waals surface area contributed by atoms with Crippen LogP contribution in [0.25, 0.3) is 22.6 Å². The standard InChI is InChI=1S/C28H37ClN6O4/c1-16-14-20(10-12-35(16)28(36)37-6)31-26-17(2)25(24-18(3)34-39-19(24)4)32-27(33-26)22-15-21(8-9-23(22)29)38-13-7-11-30-5/h8-9,15-16,20,30H,7,10-14H2,1-6H3,(H,31,32,33). The van der Waals surface area contributed by atoms with Crippen molar-refractivity contribution in [3.63, 3.8) is 0 Å². The number of hydrogen-bond donors (Lipinski definition) is 2. The number of ether oxygens (including phenoxy) is 2. The van der Waals surface area contributed by atoms with E-state index in [4.69, 9.17) is 35.6 Å². The van der Waals surface area contributed by atoms with E-state index < -0.39 is 0 Å². The van der Waals surface area contributed by atoms with E-state index in [1.807, 2.05) is 46.9 Å². The van der Waals surface area contributed by atoms with Crippen LogP contribution >= 0.6 is 11.6 Å². The van der Waals surface area contributed by atoms with Crippen molar-refractivity contribution >= 4 is 23.5 Å². The summed E-state index contributed by atoms with van der Waals surface area (Å²) >= 11 is 6.67. The van der Waals surface area contributed by atoms with Crippen LogP contribution < -0.4 is 15.4 Å². The second-order valence-corrected chi connectivity index (χ2v) is 10.3. The van der Waals surface area contributed by atoms with Gasteiger partial charge in [-0.1, -0.05) is 16.8 Å². The molecule has 2 atom stereocenters. The number of nitrogens with one attached hydrogen (secondary N) is 2. The molecule has 4 rings (SSSR count). The molecule has 0 aliphatic carbocycles. The van der Waals surface area contributed by atoms with E-state index >= 15 is 0 Å². The van der Waals surface area contributed by atoms with Gasteiger partial charge in [-0.25, -0.2) is 14.8 Å². The number of anilines is 1. The molecule has 1 aliphatic heterocycles. The van der Waals surface area contributed by atoms with Crippen molar-refractivity contribution in [2.24, 2.45) is 0 Å². The number of halogens is 1. The van der Waals surface area contributed by atoms with E-state index in [2.05, 4.69) is 15.8 Å². The molecule has 1 amide bonds. The second kappa shape index (κ2) is 12.7. The number of piperidine rings is 1. The lowest BCUT2D eigenvalue weighted by Gasteiger charge is -2.37. The minimum atomic E-state index is -0.301. The predicted molar refractivity (Wildman–Crippen MR) is 151 cm³/mol. The SMILES string of the molecule is CNCCCOc1ccc(Cl)c(-c2nc(NC3CCN(C(=O)OC)C(C)C3)c(C)c(-c3c(C)noc3C)n2)c1. The van der Waals surface area contributed by atoms with Crippen molar-refractivity contribution in [1.82, 2.24) is 25.3 Å². The Labute approximate surface area is 234 Å². The summed E-state index contributed by atoms with van der Waals surface area (Å²) in [6.45, 7) is 9.84. The number of benzene rings is 1. The first-order valence-corrected chi connectivity index (χ1v) is 13.6. The van der Waals surface area contributed by atoms with Crippen LogP contribution in [0.1, 0.15) is 43.2 Å². The van der Waals surface area contributed by atoms with Crippen molar-refractivity contribution in [1.29, 1.82) is 0 Å². The number of carbonyl (C=O) groups excluding carboxylic acids is 1. The molecule has 1 fully saturated rings. The van der Waals surface area contributed by atoms with Gasteiger partial charge in [0.2, 0.25) is 0 Å². The molecule has 0 spiro atoms. The topological polar surface area (TPSA) is 115 Å². The maximum atomic E-state index is 12.1. The lowest BCUT2D eigenvalue weighted by atomic mass is 9.98. The number of carbonyl (C=O) groups is 1.